The number of ether oxygens (including phenoxy) is 1. The van der Waals surface area contributed by atoms with Crippen LogP contribution in [0.4, 0.5) is 0 Å². The fourth-order valence-electron chi connectivity index (χ4n) is 4.56. The summed E-state index contributed by atoms with van der Waals surface area (Å²) in [5, 5.41) is 8.34. The molecule has 30 heavy (non-hydrogen) atoms. The Kier molecular flexibility index (Phi) is 4.34. The van der Waals surface area contributed by atoms with Gasteiger partial charge < -0.3 is 9.64 Å². The molecule has 2 aromatic carbocycles. The van der Waals surface area contributed by atoms with Gasteiger partial charge >= 0.3 is 0 Å². The summed E-state index contributed by atoms with van der Waals surface area (Å²) in [7, 11) is 0. The minimum atomic E-state index is -0.515. The van der Waals surface area contributed by atoms with Gasteiger partial charge in [-0.05, 0) is 38.1 Å². The lowest BCUT2D eigenvalue weighted by molar-refractivity contribution is -0.138. The maximum atomic E-state index is 13.1. The molecule has 7 heteroatoms. The molecular formula is C23H24N4O3. The van der Waals surface area contributed by atoms with Crippen LogP contribution in [0.15, 0.2) is 42.5 Å². The number of carbonyl (C=O) groups is 2. The molecule has 0 aliphatic carbocycles. The van der Waals surface area contributed by atoms with Crippen LogP contribution < -0.4 is 4.74 Å². The van der Waals surface area contributed by atoms with Gasteiger partial charge in [0, 0.05) is 25.9 Å². The third-order valence-electron chi connectivity index (χ3n) is 6.33. The molecule has 0 bridgehead atoms. The second-order valence-corrected chi connectivity index (χ2v) is 8.41. The topological polar surface area (TPSA) is 77.3 Å². The number of rotatable bonds is 2. The Bertz CT molecular complexity index is 1140. The molecule has 3 aromatic rings. The quantitative estimate of drug-likeness (QED) is 0.655. The number of Topliss-reactive ketones (excluding diaryl/α,β-unsaturated/α-hetero) is 1. The number of fused-ring (bicyclic) bond motifs is 2. The molecule has 2 aliphatic heterocycles. The number of likely N-dealkylation sites (tertiary alicyclic amines) is 1. The zero-order valence-electron chi connectivity index (χ0n) is 17.2. The van der Waals surface area contributed by atoms with E-state index in [0.29, 0.717) is 43.7 Å². The van der Waals surface area contributed by atoms with Crippen LogP contribution in [0.25, 0.3) is 11.0 Å². The molecule has 7 nitrogen and oxygen atoms in total. The maximum Gasteiger partial charge on any atom is 0.247 e. The van der Waals surface area contributed by atoms with E-state index in [9.17, 15) is 9.59 Å². The molecule has 0 unspecified atom stereocenters. The van der Waals surface area contributed by atoms with Gasteiger partial charge in [0.2, 0.25) is 5.91 Å². The molecule has 1 atom stereocenters. The van der Waals surface area contributed by atoms with Crippen LogP contribution in [-0.4, -0.2) is 50.3 Å². The summed E-state index contributed by atoms with van der Waals surface area (Å²) < 4.78 is 8.00. The van der Waals surface area contributed by atoms with E-state index in [1.165, 1.54) is 0 Å². The number of amides is 1. The number of hydrogen-bond acceptors (Lipinski definition) is 5. The molecule has 0 N–H and O–H groups in total. The van der Waals surface area contributed by atoms with E-state index in [4.69, 9.17) is 4.74 Å². The Labute approximate surface area is 174 Å². The molecule has 0 saturated carbocycles. The fraction of sp³-hybridized carbons (Fsp3) is 0.391. The predicted octanol–water partition coefficient (Wildman–Crippen LogP) is 3.33. The minimum Gasteiger partial charge on any atom is -0.486 e. The molecular weight excluding hydrogens is 380 g/mol. The number of aryl methyl sites for hydroxylation is 1. The Hall–Kier alpha value is -3.22. The summed E-state index contributed by atoms with van der Waals surface area (Å²) in [6, 6.07) is 12.9. The first kappa shape index (κ1) is 18.8. The molecule has 1 fully saturated rings. The highest BCUT2D eigenvalue weighted by Gasteiger charge is 2.44. The van der Waals surface area contributed by atoms with Gasteiger partial charge in [0.05, 0.1) is 17.5 Å². The number of benzene rings is 2. The van der Waals surface area contributed by atoms with Crippen LogP contribution in [0.2, 0.25) is 0 Å². The molecule has 1 spiro atoms. The summed E-state index contributed by atoms with van der Waals surface area (Å²) in [6.07, 6.45) is 1.65. The standard InChI is InChI=1S/C23H24N4O3/c1-15-7-8-21-17(13-15)20(28)14-23(30-21)9-11-26(12-10-23)22(29)16(2)27-19-6-4-3-5-18(19)24-25-27/h3-8,13,16H,9-12,14H2,1-2H3/t16-/m1/s1. The van der Waals surface area contributed by atoms with Crippen LogP contribution in [0, 0.1) is 6.92 Å². The summed E-state index contributed by atoms with van der Waals surface area (Å²) >= 11 is 0. The summed E-state index contributed by atoms with van der Waals surface area (Å²) in [6.45, 7) is 4.95. The zero-order valence-corrected chi connectivity index (χ0v) is 17.2. The van der Waals surface area contributed by atoms with Crippen LogP contribution in [-0.2, 0) is 4.79 Å². The number of ketones is 1. The van der Waals surface area contributed by atoms with Gasteiger partial charge in [0.1, 0.15) is 22.9 Å². The Morgan fingerprint density at radius 1 is 1.17 bits per heavy atom. The Morgan fingerprint density at radius 2 is 1.93 bits per heavy atom. The van der Waals surface area contributed by atoms with Crippen molar-refractivity contribution in [1.82, 2.24) is 19.9 Å². The number of carbonyl (C=O) groups excluding carboxylic acids is 2. The maximum absolute atomic E-state index is 13.1. The highest BCUT2D eigenvalue weighted by Crippen LogP contribution is 2.40. The van der Waals surface area contributed by atoms with Gasteiger partial charge in [-0.2, -0.15) is 0 Å². The molecule has 1 aromatic heterocycles. The van der Waals surface area contributed by atoms with E-state index in [2.05, 4.69) is 10.3 Å². The predicted molar refractivity (Wildman–Crippen MR) is 112 cm³/mol. The fourth-order valence-corrected chi connectivity index (χ4v) is 4.56. The number of piperidine rings is 1. The minimum absolute atomic E-state index is 0.0127. The van der Waals surface area contributed by atoms with Crippen molar-refractivity contribution in [3.8, 4) is 5.75 Å². The third kappa shape index (κ3) is 3.05. The summed E-state index contributed by atoms with van der Waals surface area (Å²) in [5.74, 6) is 0.805. The van der Waals surface area contributed by atoms with Crippen LogP contribution in [0.5, 0.6) is 5.75 Å². The molecule has 1 amide bonds. The molecule has 154 valence electrons. The Balaban J connectivity index is 1.30. The first-order valence-electron chi connectivity index (χ1n) is 10.4. The lowest BCUT2D eigenvalue weighted by Crippen LogP contribution is -2.53. The van der Waals surface area contributed by atoms with Gasteiger partial charge in [-0.25, -0.2) is 4.68 Å². The first-order valence-corrected chi connectivity index (χ1v) is 10.4. The van der Waals surface area contributed by atoms with Gasteiger partial charge in [-0.3, -0.25) is 9.59 Å². The van der Waals surface area contributed by atoms with Gasteiger partial charge in [-0.15, -0.1) is 5.10 Å². The van der Waals surface area contributed by atoms with Crippen molar-refractivity contribution in [3.05, 3.63) is 53.6 Å². The number of hydrogen-bond donors (Lipinski definition) is 0. The van der Waals surface area contributed by atoms with Crippen molar-refractivity contribution >= 4 is 22.7 Å². The Morgan fingerprint density at radius 3 is 2.73 bits per heavy atom. The van der Waals surface area contributed by atoms with Crippen LogP contribution >= 0.6 is 0 Å². The molecule has 3 heterocycles. The van der Waals surface area contributed by atoms with Crippen LogP contribution in [0.3, 0.4) is 0 Å². The highest BCUT2D eigenvalue weighted by atomic mass is 16.5. The monoisotopic (exact) mass is 404 g/mol. The molecule has 1 saturated heterocycles. The molecule has 2 aliphatic rings. The van der Waals surface area contributed by atoms with E-state index < -0.39 is 11.6 Å². The SMILES string of the molecule is Cc1ccc2c(c1)C(=O)CC1(CCN(C(=O)[C@@H](C)n3nnc4ccccc43)CC1)O2. The lowest BCUT2D eigenvalue weighted by Gasteiger charge is -2.44. The van der Waals surface area contributed by atoms with Crippen molar-refractivity contribution in [2.24, 2.45) is 0 Å². The average molecular weight is 404 g/mol. The molecule has 0 radical (unpaired) electrons. The van der Waals surface area contributed by atoms with Gasteiger partial charge in [-0.1, -0.05) is 29.0 Å². The number of para-hydroxylation sites is 1. The van der Waals surface area contributed by atoms with Crippen molar-refractivity contribution < 1.29 is 14.3 Å². The van der Waals surface area contributed by atoms with E-state index >= 15 is 0 Å². The van der Waals surface area contributed by atoms with Gasteiger partial charge in [0.25, 0.3) is 0 Å². The largest absolute Gasteiger partial charge is 0.486 e. The molecule has 5 rings (SSSR count). The lowest BCUT2D eigenvalue weighted by atomic mass is 9.82. The second kappa shape index (κ2) is 6.93. The first-order chi connectivity index (χ1) is 14.5. The van der Waals surface area contributed by atoms with Crippen molar-refractivity contribution in [1.29, 1.82) is 0 Å². The third-order valence-corrected chi connectivity index (χ3v) is 6.33. The number of aromatic nitrogens is 3. The van der Waals surface area contributed by atoms with E-state index in [0.717, 1.165) is 16.6 Å². The zero-order chi connectivity index (χ0) is 20.9. The normalized spacial score (nSPS) is 18.9. The van der Waals surface area contributed by atoms with Crippen molar-refractivity contribution in [2.45, 2.75) is 44.8 Å². The van der Waals surface area contributed by atoms with Crippen molar-refractivity contribution in [2.75, 3.05) is 13.1 Å². The average Bonchev–Trinajstić information content (AvgIpc) is 3.18. The summed E-state index contributed by atoms with van der Waals surface area (Å²) in [5.41, 5.74) is 2.83. The van der Waals surface area contributed by atoms with E-state index in [1.54, 1.807) is 4.68 Å². The van der Waals surface area contributed by atoms with Crippen LogP contribution in [0.1, 0.15) is 48.1 Å². The van der Waals surface area contributed by atoms with E-state index in [1.807, 2.05) is 61.2 Å². The summed E-state index contributed by atoms with van der Waals surface area (Å²) in [4.78, 5) is 27.7. The smallest absolute Gasteiger partial charge is 0.247 e. The second-order valence-electron chi connectivity index (χ2n) is 8.41. The van der Waals surface area contributed by atoms with E-state index in [-0.39, 0.29) is 11.7 Å². The number of nitrogens with zero attached hydrogens (tertiary/aromatic N) is 4. The highest BCUT2D eigenvalue weighted by molar-refractivity contribution is 6.00. The van der Waals surface area contributed by atoms with Crippen molar-refractivity contribution in [3.63, 3.8) is 0 Å². The van der Waals surface area contributed by atoms with Gasteiger partial charge in [0.15, 0.2) is 5.78 Å².